The normalized spacial score (nSPS) is 11.7. The van der Waals surface area contributed by atoms with Crippen molar-refractivity contribution in [3.63, 3.8) is 0 Å². The van der Waals surface area contributed by atoms with Crippen molar-refractivity contribution in [2.24, 2.45) is 0 Å². The molecule has 124 valence electrons. The van der Waals surface area contributed by atoms with Crippen LogP contribution in [0.4, 0.5) is 13.2 Å². The molecule has 0 bridgehead atoms. The highest BCUT2D eigenvalue weighted by molar-refractivity contribution is 6.35. The van der Waals surface area contributed by atoms with Crippen molar-refractivity contribution in [1.82, 2.24) is 20.2 Å². The summed E-state index contributed by atoms with van der Waals surface area (Å²) in [7, 11) is 0. The molecule has 0 atom stereocenters. The van der Waals surface area contributed by atoms with E-state index in [4.69, 9.17) is 23.2 Å². The second-order valence-electron chi connectivity index (χ2n) is 4.92. The first-order valence-corrected chi connectivity index (χ1v) is 7.48. The summed E-state index contributed by atoms with van der Waals surface area (Å²) in [5, 5.41) is 12.6. The Morgan fingerprint density at radius 1 is 1.00 bits per heavy atom. The molecule has 0 saturated heterocycles. The number of alkyl halides is 3. The fourth-order valence-electron chi connectivity index (χ4n) is 2.09. The van der Waals surface area contributed by atoms with Gasteiger partial charge in [0.05, 0.1) is 12.1 Å². The molecule has 0 aliphatic heterocycles. The summed E-state index contributed by atoms with van der Waals surface area (Å²) in [4.78, 5) is 1.22. The van der Waals surface area contributed by atoms with Crippen LogP contribution in [0.3, 0.4) is 0 Å². The van der Waals surface area contributed by atoms with Gasteiger partial charge in [-0.3, -0.25) is 0 Å². The molecule has 3 rings (SSSR count). The van der Waals surface area contributed by atoms with E-state index >= 15 is 0 Å². The lowest BCUT2D eigenvalue weighted by Gasteiger charge is -2.07. The molecular formula is C15H9Cl2F3N4. The van der Waals surface area contributed by atoms with E-state index in [1.807, 2.05) is 0 Å². The standard InChI is InChI=1S/C15H9Cl2F3N4/c16-12-5-2-6-13(17)11(12)8-24-22-14(21-23-24)9-3-1-4-10(7-9)15(18,19)20/h1-7H,8H2. The largest absolute Gasteiger partial charge is 0.416 e. The van der Waals surface area contributed by atoms with E-state index in [9.17, 15) is 13.2 Å². The quantitative estimate of drug-likeness (QED) is 0.668. The Kier molecular flexibility index (Phi) is 4.47. The van der Waals surface area contributed by atoms with E-state index in [0.717, 1.165) is 12.1 Å². The van der Waals surface area contributed by atoms with E-state index in [1.54, 1.807) is 18.2 Å². The average Bonchev–Trinajstić information content (AvgIpc) is 2.99. The Bertz CT molecular complexity index is 857. The van der Waals surface area contributed by atoms with Crippen LogP contribution in [0.5, 0.6) is 0 Å². The first kappa shape index (κ1) is 16.7. The van der Waals surface area contributed by atoms with Crippen LogP contribution in [0.25, 0.3) is 11.4 Å². The SMILES string of the molecule is FC(F)(F)c1cccc(-c2nnn(Cc3c(Cl)cccc3Cl)n2)c1. The van der Waals surface area contributed by atoms with Gasteiger partial charge in [-0.1, -0.05) is 41.4 Å². The van der Waals surface area contributed by atoms with Crippen LogP contribution >= 0.6 is 23.2 Å². The smallest absolute Gasteiger partial charge is 0.166 e. The number of benzene rings is 2. The first-order chi connectivity index (χ1) is 11.3. The van der Waals surface area contributed by atoms with Crippen molar-refractivity contribution in [2.45, 2.75) is 12.7 Å². The van der Waals surface area contributed by atoms with Gasteiger partial charge in [0.25, 0.3) is 0 Å². The van der Waals surface area contributed by atoms with Gasteiger partial charge in [-0.05, 0) is 29.5 Å². The molecule has 24 heavy (non-hydrogen) atoms. The molecule has 9 heteroatoms. The molecule has 4 nitrogen and oxygen atoms in total. The Balaban J connectivity index is 1.89. The van der Waals surface area contributed by atoms with E-state index in [1.165, 1.54) is 16.9 Å². The van der Waals surface area contributed by atoms with Crippen LogP contribution in [-0.4, -0.2) is 20.2 Å². The zero-order valence-electron chi connectivity index (χ0n) is 11.9. The molecule has 0 aliphatic carbocycles. The fourth-order valence-corrected chi connectivity index (χ4v) is 2.60. The van der Waals surface area contributed by atoms with E-state index in [-0.39, 0.29) is 17.9 Å². The summed E-state index contributed by atoms with van der Waals surface area (Å²) in [6.07, 6.45) is -4.43. The molecule has 0 spiro atoms. The lowest BCUT2D eigenvalue weighted by molar-refractivity contribution is -0.137. The van der Waals surface area contributed by atoms with Crippen molar-refractivity contribution in [2.75, 3.05) is 0 Å². The summed E-state index contributed by atoms with van der Waals surface area (Å²) < 4.78 is 38.3. The Morgan fingerprint density at radius 2 is 1.67 bits per heavy atom. The van der Waals surface area contributed by atoms with Crippen LogP contribution in [0.15, 0.2) is 42.5 Å². The predicted molar refractivity (Wildman–Crippen MR) is 83.8 cm³/mol. The Morgan fingerprint density at radius 3 is 2.33 bits per heavy atom. The molecule has 0 unspecified atom stereocenters. The summed E-state index contributed by atoms with van der Waals surface area (Å²) in [5.41, 5.74) is 0.0562. The zero-order chi connectivity index (χ0) is 17.3. The molecule has 3 aromatic rings. The Labute approximate surface area is 144 Å². The molecule has 0 N–H and O–H groups in total. The third kappa shape index (κ3) is 3.52. The molecule has 0 aliphatic rings. The summed E-state index contributed by atoms with van der Waals surface area (Å²) in [6, 6.07) is 9.79. The number of aromatic nitrogens is 4. The van der Waals surface area contributed by atoms with Gasteiger partial charge < -0.3 is 0 Å². The van der Waals surface area contributed by atoms with Crippen molar-refractivity contribution in [3.8, 4) is 11.4 Å². The van der Waals surface area contributed by atoms with Crippen LogP contribution in [0, 0.1) is 0 Å². The van der Waals surface area contributed by atoms with Crippen LogP contribution < -0.4 is 0 Å². The molecule has 0 saturated carbocycles. The van der Waals surface area contributed by atoms with Gasteiger partial charge in [-0.25, -0.2) is 0 Å². The third-order valence-electron chi connectivity index (χ3n) is 3.26. The van der Waals surface area contributed by atoms with Gasteiger partial charge in [-0.15, -0.1) is 10.2 Å². The maximum absolute atomic E-state index is 12.8. The topological polar surface area (TPSA) is 43.6 Å². The fraction of sp³-hybridized carbons (Fsp3) is 0.133. The van der Waals surface area contributed by atoms with Gasteiger partial charge in [-0.2, -0.15) is 18.0 Å². The van der Waals surface area contributed by atoms with E-state index in [2.05, 4.69) is 15.4 Å². The molecule has 0 fully saturated rings. The molecule has 1 heterocycles. The number of rotatable bonds is 3. The Hall–Kier alpha value is -2.12. The minimum Gasteiger partial charge on any atom is -0.166 e. The number of halogens is 5. The molecule has 0 amide bonds. The van der Waals surface area contributed by atoms with Crippen LogP contribution in [0.1, 0.15) is 11.1 Å². The zero-order valence-corrected chi connectivity index (χ0v) is 13.4. The number of tetrazole rings is 1. The average molecular weight is 373 g/mol. The molecule has 2 aromatic carbocycles. The maximum Gasteiger partial charge on any atom is 0.416 e. The summed E-state index contributed by atoms with van der Waals surface area (Å²) >= 11 is 12.2. The number of nitrogens with zero attached hydrogens (tertiary/aromatic N) is 4. The van der Waals surface area contributed by atoms with Crippen LogP contribution in [0.2, 0.25) is 10.0 Å². The lowest BCUT2D eigenvalue weighted by atomic mass is 10.1. The molecular weight excluding hydrogens is 364 g/mol. The minimum absolute atomic E-state index is 0.0873. The van der Waals surface area contributed by atoms with Gasteiger partial charge in [0.2, 0.25) is 5.82 Å². The number of hydrogen-bond acceptors (Lipinski definition) is 3. The summed E-state index contributed by atoms with van der Waals surface area (Å²) in [6.45, 7) is 0.157. The monoisotopic (exact) mass is 372 g/mol. The number of hydrogen-bond donors (Lipinski definition) is 0. The van der Waals surface area contributed by atoms with Crippen molar-refractivity contribution < 1.29 is 13.2 Å². The maximum atomic E-state index is 12.8. The van der Waals surface area contributed by atoms with Gasteiger partial charge in [0.1, 0.15) is 0 Å². The second kappa shape index (κ2) is 6.41. The molecule has 0 radical (unpaired) electrons. The van der Waals surface area contributed by atoms with Gasteiger partial charge >= 0.3 is 6.18 Å². The third-order valence-corrected chi connectivity index (χ3v) is 3.97. The van der Waals surface area contributed by atoms with Crippen molar-refractivity contribution >= 4 is 23.2 Å². The first-order valence-electron chi connectivity index (χ1n) is 6.73. The van der Waals surface area contributed by atoms with Crippen molar-refractivity contribution in [3.05, 3.63) is 63.6 Å². The van der Waals surface area contributed by atoms with Gasteiger partial charge in [0, 0.05) is 21.2 Å². The lowest BCUT2D eigenvalue weighted by Crippen LogP contribution is -2.05. The van der Waals surface area contributed by atoms with E-state index in [0.29, 0.717) is 15.6 Å². The highest BCUT2D eigenvalue weighted by atomic mass is 35.5. The van der Waals surface area contributed by atoms with E-state index < -0.39 is 11.7 Å². The highest BCUT2D eigenvalue weighted by Crippen LogP contribution is 2.31. The van der Waals surface area contributed by atoms with Crippen LogP contribution in [-0.2, 0) is 12.7 Å². The summed E-state index contributed by atoms with van der Waals surface area (Å²) in [5.74, 6) is 0.0873. The van der Waals surface area contributed by atoms with Gasteiger partial charge in [0.15, 0.2) is 0 Å². The van der Waals surface area contributed by atoms with Crippen molar-refractivity contribution in [1.29, 1.82) is 0 Å². The second-order valence-corrected chi connectivity index (χ2v) is 5.74. The minimum atomic E-state index is -4.43. The molecule has 1 aromatic heterocycles. The highest BCUT2D eigenvalue weighted by Gasteiger charge is 2.30. The predicted octanol–water partition coefficient (Wildman–Crippen LogP) is 4.71.